The second kappa shape index (κ2) is 4.29. The Morgan fingerprint density at radius 3 is 2.76 bits per heavy atom. The van der Waals surface area contributed by atoms with Crippen LogP contribution in [0.2, 0.25) is 5.02 Å². The predicted molar refractivity (Wildman–Crippen MR) is 64.8 cm³/mol. The molecule has 1 aromatic heterocycles. The number of aromatic nitrogens is 2. The van der Waals surface area contributed by atoms with Gasteiger partial charge >= 0.3 is 10.1 Å². The molecule has 2 aromatic rings. The van der Waals surface area contributed by atoms with Crippen molar-refractivity contribution in [2.24, 2.45) is 0 Å². The number of hydrogen-bond acceptors (Lipinski definition) is 3. The van der Waals surface area contributed by atoms with Gasteiger partial charge in [0.15, 0.2) is 0 Å². The van der Waals surface area contributed by atoms with Crippen LogP contribution in [-0.2, 0) is 16.7 Å². The van der Waals surface area contributed by atoms with Gasteiger partial charge in [0.2, 0.25) is 0 Å². The molecular weight excluding hydrogens is 264 g/mol. The van der Waals surface area contributed by atoms with Crippen molar-refractivity contribution in [1.29, 1.82) is 0 Å². The molecule has 0 saturated carbocycles. The summed E-state index contributed by atoms with van der Waals surface area (Å²) in [6.07, 6.45) is 0.723. The third kappa shape index (κ3) is 2.29. The third-order valence-corrected chi connectivity index (χ3v) is 3.36. The summed E-state index contributed by atoms with van der Waals surface area (Å²) >= 11 is 5.86. The van der Waals surface area contributed by atoms with Gasteiger partial charge in [-0.15, -0.1) is 0 Å². The van der Waals surface area contributed by atoms with Crippen LogP contribution in [0.25, 0.3) is 11.0 Å². The highest BCUT2D eigenvalue weighted by Gasteiger charge is 2.20. The quantitative estimate of drug-likeness (QED) is 0.872. The molecule has 1 heterocycles. The monoisotopic (exact) mass is 274 g/mol. The van der Waals surface area contributed by atoms with Crippen molar-refractivity contribution in [3.8, 4) is 0 Å². The zero-order valence-electron chi connectivity index (χ0n) is 9.09. The van der Waals surface area contributed by atoms with E-state index >= 15 is 0 Å². The van der Waals surface area contributed by atoms with E-state index in [1.807, 2.05) is 6.92 Å². The normalized spacial score (nSPS) is 12.2. The number of imidazole rings is 1. The molecule has 1 aromatic carbocycles. The number of hydrogen-bond donors (Lipinski definition) is 1. The van der Waals surface area contributed by atoms with E-state index in [1.165, 1.54) is 4.57 Å². The fraction of sp³-hybridized carbons (Fsp3) is 0.300. The van der Waals surface area contributed by atoms with Gasteiger partial charge in [-0.2, -0.15) is 8.42 Å². The van der Waals surface area contributed by atoms with Gasteiger partial charge < -0.3 is 4.57 Å². The largest absolute Gasteiger partial charge is 0.328 e. The average Bonchev–Trinajstić information content (AvgIpc) is 2.57. The zero-order valence-corrected chi connectivity index (χ0v) is 10.7. The highest BCUT2D eigenvalue weighted by Crippen LogP contribution is 2.23. The summed E-state index contributed by atoms with van der Waals surface area (Å²) in [6, 6.07) is 4.88. The highest BCUT2D eigenvalue weighted by atomic mass is 35.5. The second-order valence-electron chi connectivity index (χ2n) is 3.65. The fourth-order valence-electron chi connectivity index (χ4n) is 1.71. The molecule has 2 rings (SSSR count). The summed E-state index contributed by atoms with van der Waals surface area (Å²) in [5.74, 6) is 0. The molecule has 17 heavy (non-hydrogen) atoms. The summed E-state index contributed by atoms with van der Waals surface area (Å²) in [5, 5.41) is 0.160. The van der Waals surface area contributed by atoms with Gasteiger partial charge in [-0.25, -0.2) is 4.98 Å². The Morgan fingerprint density at radius 1 is 1.47 bits per heavy atom. The minimum atomic E-state index is -4.32. The van der Waals surface area contributed by atoms with Crippen LogP contribution in [0.1, 0.15) is 13.3 Å². The van der Waals surface area contributed by atoms with E-state index < -0.39 is 10.1 Å². The first kappa shape index (κ1) is 12.3. The Labute approximate surface area is 104 Å². The molecule has 0 aliphatic carbocycles. The van der Waals surface area contributed by atoms with Gasteiger partial charge in [0, 0.05) is 11.6 Å². The molecule has 0 atom stereocenters. The molecule has 0 aliphatic heterocycles. The smallest absolute Gasteiger partial charge is 0.313 e. The van der Waals surface area contributed by atoms with Crippen LogP contribution in [0, 0.1) is 0 Å². The molecule has 5 nitrogen and oxygen atoms in total. The molecule has 0 unspecified atom stereocenters. The lowest BCUT2D eigenvalue weighted by atomic mass is 10.3. The Balaban J connectivity index is 2.80. The molecule has 0 radical (unpaired) electrons. The maximum Gasteiger partial charge on any atom is 0.328 e. The van der Waals surface area contributed by atoms with Crippen LogP contribution < -0.4 is 0 Å². The zero-order chi connectivity index (χ0) is 12.6. The summed E-state index contributed by atoms with van der Waals surface area (Å²) in [7, 11) is -4.32. The number of halogens is 1. The number of benzene rings is 1. The molecule has 92 valence electrons. The molecule has 0 saturated heterocycles. The SMILES string of the molecule is CCCn1c(S(=O)(=O)O)nc2ccc(Cl)cc21. The summed E-state index contributed by atoms with van der Waals surface area (Å²) in [6.45, 7) is 2.36. The first-order valence-corrected chi connectivity index (χ1v) is 6.88. The number of aryl methyl sites for hydroxylation is 1. The maximum atomic E-state index is 11.2. The van der Waals surface area contributed by atoms with Gasteiger partial charge in [-0.1, -0.05) is 18.5 Å². The summed E-state index contributed by atoms with van der Waals surface area (Å²) < 4.78 is 33.0. The van der Waals surface area contributed by atoms with E-state index in [0.717, 1.165) is 6.42 Å². The molecule has 0 spiro atoms. The van der Waals surface area contributed by atoms with Gasteiger partial charge in [-0.3, -0.25) is 4.55 Å². The van der Waals surface area contributed by atoms with E-state index in [-0.39, 0.29) is 5.16 Å². The average molecular weight is 275 g/mol. The van der Waals surface area contributed by atoms with Crippen molar-refractivity contribution in [2.45, 2.75) is 25.0 Å². The minimum Gasteiger partial charge on any atom is -0.313 e. The highest BCUT2D eigenvalue weighted by molar-refractivity contribution is 7.85. The molecule has 7 heteroatoms. The number of fused-ring (bicyclic) bond motifs is 1. The lowest BCUT2D eigenvalue weighted by molar-refractivity contribution is 0.463. The predicted octanol–water partition coefficient (Wildman–Crippen LogP) is 2.35. The van der Waals surface area contributed by atoms with E-state index in [1.54, 1.807) is 18.2 Å². The van der Waals surface area contributed by atoms with Gasteiger partial charge in [0.25, 0.3) is 5.16 Å². The van der Waals surface area contributed by atoms with E-state index in [2.05, 4.69) is 4.98 Å². The fourth-order valence-corrected chi connectivity index (χ4v) is 2.56. The number of nitrogens with zero attached hydrogens (tertiary/aromatic N) is 2. The molecule has 0 amide bonds. The van der Waals surface area contributed by atoms with Crippen molar-refractivity contribution >= 4 is 32.8 Å². The van der Waals surface area contributed by atoms with Crippen molar-refractivity contribution in [2.75, 3.05) is 0 Å². The van der Waals surface area contributed by atoms with Crippen LogP contribution in [0.15, 0.2) is 23.4 Å². The Hall–Kier alpha value is -1.11. The van der Waals surface area contributed by atoms with Crippen LogP contribution in [0.4, 0.5) is 0 Å². The molecule has 0 bridgehead atoms. The second-order valence-corrected chi connectivity index (χ2v) is 5.41. The Morgan fingerprint density at radius 2 is 2.18 bits per heavy atom. The summed E-state index contributed by atoms with van der Waals surface area (Å²) in [4.78, 5) is 3.91. The maximum absolute atomic E-state index is 11.2. The Kier molecular flexibility index (Phi) is 3.11. The van der Waals surface area contributed by atoms with Crippen molar-refractivity contribution in [3.05, 3.63) is 23.2 Å². The standard InChI is InChI=1S/C10H11ClN2O3S/c1-2-5-13-9-6-7(11)3-4-8(9)12-10(13)17(14,15)16/h3-4,6H,2,5H2,1H3,(H,14,15,16). The first-order valence-electron chi connectivity index (χ1n) is 5.06. The van der Waals surface area contributed by atoms with Crippen LogP contribution in [-0.4, -0.2) is 22.5 Å². The lowest BCUT2D eigenvalue weighted by Crippen LogP contribution is -2.09. The van der Waals surface area contributed by atoms with E-state index in [0.29, 0.717) is 22.6 Å². The van der Waals surface area contributed by atoms with Crippen LogP contribution in [0.5, 0.6) is 0 Å². The van der Waals surface area contributed by atoms with Crippen molar-refractivity contribution in [1.82, 2.24) is 9.55 Å². The lowest BCUT2D eigenvalue weighted by Gasteiger charge is -2.04. The van der Waals surface area contributed by atoms with Crippen molar-refractivity contribution in [3.63, 3.8) is 0 Å². The molecule has 0 fully saturated rings. The third-order valence-electron chi connectivity index (χ3n) is 2.35. The molecule has 1 N–H and O–H groups in total. The van der Waals surface area contributed by atoms with Gasteiger partial charge in [0.05, 0.1) is 11.0 Å². The first-order chi connectivity index (χ1) is 7.93. The minimum absolute atomic E-state index is 0.336. The molecule has 0 aliphatic rings. The topological polar surface area (TPSA) is 72.2 Å². The Bertz CT molecular complexity index is 663. The van der Waals surface area contributed by atoms with Crippen LogP contribution in [0.3, 0.4) is 0 Å². The summed E-state index contributed by atoms with van der Waals surface area (Å²) in [5.41, 5.74) is 1.10. The number of rotatable bonds is 3. The molecular formula is C10H11ClN2O3S. The van der Waals surface area contributed by atoms with E-state index in [4.69, 9.17) is 16.2 Å². The van der Waals surface area contributed by atoms with Gasteiger partial charge in [-0.05, 0) is 24.6 Å². The van der Waals surface area contributed by atoms with Crippen molar-refractivity contribution < 1.29 is 13.0 Å². The van der Waals surface area contributed by atoms with E-state index in [9.17, 15) is 8.42 Å². The van der Waals surface area contributed by atoms with Crippen LogP contribution >= 0.6 is 11.6 Å². The van der Waals surface area contributed by atoms with Gasteiger partial charge in [0.1, 0.15) is 0 Å².